The molecule has 0 saturated carbocycles. The van der Waals surface area contributed by atoms with Gasteiger partial charge in [-0.15, -0.1) is 0 Å². The van der Waals surface area contributed by atoms with Gasteiger partial charge in [-0.3, -0.25) is 0 Å². The van der Waals surface area contributed by atoms with Crippen molar-refractivity contribution in [3.63, 3.8) is 0 Å². The van der Waals surface area contributed by atoms with Gasteiger partial charge in [-0.1, -0.05) is 35.0 Å². The first kappa shape index (κ1) is 17.8. The quantitative estimate of drug-likeness (QED) is 0.684. The summed E-state index contributed by atoms with van der Waals surface area (Å²) in [6.45, 7) is 4.19. The Kier molecular flexibility index (Phi) is 6.42. The van der Waals surface area contributed by atoms with Gasteiger partial charge in [0.15, 0.2) is 5.11 Å². The van der Waals surface area contributed by atoms with Crippen molar-refractivity contribution in [1.82, 2.24) is 5.32 Å². The predicted molar refractivity (Wildman–Crippen MR) is 104 cm³/mol. The fourth-order valence-corrected chi connectivity index (χ4v) is 2.81. The van der Waals surface area contributed by atoms with Gasteiger partial charge in [0.1, 0.15) is 5.75 Å². The highest BCUT2D eigenvalue weighted by Gasteiger charge is 2.11. The van der Waals surface area contributed by atoms with E-state index in [1.54, 1.807) is 7.11 Å². The van der Waals surface area contributed by atoms with E-state index in [9.17, 15) is 0 Å². The highest BCUT2D eigenvalue weighted by atomic mass is 79.9. The number of methoxy groups -OCH3 is 1. The summed E-state index contributed by atoms with van der Waals surface area (Å²) in [5.74, 6) is 0.856. The summed E-state index contributed by atoms with van der Waals surface area (Å²) in [5.41, 5.74) is 3.33. The molecule has 0 spiro atoms. The first-order chi connectivity index (χ1) is 11.0. The zero-order chi connectivity index (χ0) is 16.8. The van der Waals surface area contributed by atoms with E-state index in [1.807, 2.05) is 24.3 Å². The molecule has 122 valence electrons. The third-order valence-electron chi connectivity index (χ3n) is 3.65. The molecule has 0 saturated heterocycles. The van der Waals surface area contributed by atoms with Crippen molar-refractivity contribution >= 4 is 38.9 Å². The molecule has 1 atom stereocenters. The maximum absolute atomic E-state index is 5.44. The van der Waals surface area contributed by atoms with Crippen molar-refractivity contribution in [3.05, 3.63) is 58.1 Å². The van der Waals surface area contributed by atoms with Crippen LogP contribution >= 0.6 is 28.1 Å². The van der Waals surface area contributed by atoms with Gasteiger partial charge in [0, 0.05) is 10.2 Å². The third-order valence-corrected chi connectivity index (χ3v) is 4.76. The van der Waals surface area contributed by atoms with Gasteiger partial charge in [0.05, 0.1) is 13.2 Å². The second kappa shape index (κ2) is 8.31. The number of halogens is 1. The lowest BCUT2D eigenvalue weighted by molar-refractivity contribution is 0.414. The Morgan fingerprint density at radius 1 is 1.22 bits per heavy atom. The summed E-state index contributed by atoms with van der Waals surface area (Å²) in [5, 5.41) is 7.23. The van der Waals surface area contributed by atoms with Crippen LogP contribution in [0.3, 0.4) is 0 Å². The van der Waals surface area contributed by atoms with Crippen LogP contribution in [0.1, 0.15) is 30.5 Å². The van der Waals surface area contributed by atoms with E-state index in [1.165, 1.54) is 11.1 Å². The second-order valence-corrected chi connectivity index (χ2v) is 6.56. The molecule has 0 radical (unpaired) electrons. The van der Waals surface area contributed by atoms with E-state index >= 15 is 0 Å². The summed E-state index contributed by atoms with van der Waals surface area (Å²) < 4.78 is 6.29. The molecule has 2 aromatic carbocycles. The second-order valence-electron chi connectivity index (χ2n) is 5.30. The molecule has 5 heteroatoms. The molecule has 3 nitrogen and oxygen atoms in total. The topological polar surface area (TPSA) is 33.3 Å². The molecule has 0 unspecified atom stereocenters. The average molecular weight is 393 g/mol. The Morgan fingerprint density at radius 3 is 2.48 bits per heavy atom. The molecular weight excluding hydrogens is 372 g/mol. The number of aryl methyl sites for hydroxylation is 1. The van der Waals surface area contributed by atoms with Gasteiger partial charge in [-0.25, -0.2) is 0 Å². The monoisotopic (exact) mass is 392 g/mol. The first-order valence-electron chi connectivity index (χ1n) is 7.51. The lowest BCUT2D eigenvalue weighted by Gasteiger charge is -2.20. The molecule has 0 heterocycles. The molecule has 2 rings (SSSR count). The zero-order valence-electron chi connectivity index (χ0n) is 13.5. The van der Waals surface area contributed by atoms with Gasteiger partial charge < -0.3 is 15.4 Å². The lowest BCUT2D eigenvalue weighted by atomic mass is 10.0. The molecule has 0 amide bonds. The standard InChI is InChI=1S/C18H21BrN2OS/c1-4-17(13-5-8-15(22-3)9-6-13)21-18(23)20-14-7-10-16(19)12(2)11-14/h5-11,17H,4H2,1-3H3,(H2,20,21,23)/t17-/m1/s1. The van der Waals surface area contributed by atoms with Crippen molar-refractivity contribution in [3.8, 4) is 5.75 Å². The Hall–Kier alpha value is -1.59. The van der Waals surface area contributed by atoms with E-state index in [2.05, 4.69) is 58.6 Å². The molecule has 0 bridgehead atoms. The maximum atomic E-state index is 5.44. The summed E-state index contributed by atoms with van der Waals surface area (Å²) >= 11 is 8.95. The minimum atomic E-state index is 0.164. The minimum Gasteiger partial charge on any atom is -0.497 e. The van der Waals surface area contributed by atoms with Gasteiger partial charge in [0.2, 0.25) is 0 Å². The SMILES string of the molecule is CC[C@@H](NC(=S)Nc1ccc(Br)c(C)c1)c1ccc(OC)cc1. The van der Waals surface area contributed by atoms with Gasteiger partial charge >= 0.3 is 0 Å². The maximum Gasteiger partial charge on any atom is 0.171 e. The van der Waals surface area contributed by atoms with Gasteiger partial charge in [-0.05, 0) is 67.0 Å². The van der Waals surface area contributed by atoms with Crippen LogP contribution in [0.15, 0.2) is 46.9 Å². The normalized spacial score (nSPS) is 11.7. The molecule has 0 aliphatic carbocycles. The number of nitrogens with one attached hydrogen (secondary N) is 2. The molecule has 0 fully saturated rings. The van der Waals surface area contributed by atoms with E-state index in [-0.39, 0.29) is 6.04 Å². The molecule has 2 aromatic rings. The highest BCUT2D eigenvalue weighted by Crippen LogP contribution is 2.22. The number of rotatable bonds is 5. The minimum absolute atomic E-state index is 0.164. The summed E-state index contributed by atoms with van der Waals surface area (Å²) in [6.07, 6.45) is 0.938. The molecule has 2 N–H and O–H groups in total. The molecular formula is C18H21BrN2OS. The summed E-state index contributed by atoms with van der Waals surface area (Å²) in [4.78, 5) is 0. The van der Waals surface area contributed by atoms with Crippen molar-refractivity contribution in [1.29, 1.82) is 0 Å². The summed E-state index contributed by atoms with van der Waals surface area (Å²) in [7, 11) is 1.67. The first-order valence-corrected chi connectivity index (χ1v) is 8.71. The highest BCUT2D eigenvalue weighted by molar-refractivity contribution is 9.10. The fraction of sp³-hybridized carbons (Fsp3) is 0.278. The van der Waals surface area contributed by atoms with Crippen LogP contribution in [0.5, 0.6) is 5.75 Å². The van der Waals surface area contributed by atoms with Crippen LogP contribution in [0.2, 0.25) is 0 Å². The lowest BCUT2D eigenvalue weighted by Crippen LogP contribution is -2.32. The average Bonchev–Trinajstić information content (AvgIpc) is 2.56. The third kappa shape index (κ3) is 4.94. The van der Waals surface area contributed by atoms with Crippen molar-refractivity contribution in [2.75, 3.05) is 12.4 Å². The number of benzene rings is 2. The number of hydrogen-bond acceptors (Lipinski definition) is 2. The van der Waals surface area contributed by atoms with Crippen molar-refractivity contribution < 1.29 is 4.74 Å². The van der Waals surface area contributed by atoms with E-state index in [0.717, 1.165) is 22.3 Å². The smallest absolute Gasteiger partial charge is 0.171 e. The van der Waals surface area contributed by atoms with Crippen LogP contribution in [-0.4, -0.2) is 12.2 Å². The molecule has 23 heavy (non-hydrogen) atoms. The van der Waals surface area contributed by atoms with Crippen LogP contribution in [0.4, 0.5) is 5.69 Å². The van der Waals surface area contributed by atoms with Crippen molar-refractivity contribution in [2.24, 2.45) is 0 Å². The number of ether oxygens (including phenoxy) is 1. The van der Waals surface area contributed by atoms with Crippen LogP contribution in [0.25, 0.3) is 0 Å². The van der Waals surface area contributed by atoms with E-state index in [0.29, 0.717) is 5.11 Å². The predicted octanol–water partition coefficient (Wildman–Crippen LogP) is 5.20. The Balaban J connectivity index is 2.02. The Labute approximate surface area is 151 Å². The van der Waals surface area contributed by atoms with Crippen LogP contribution in [0, 0.1) is 6.92 Å². The zero-order valence-corrected chi connectivity index (χ0v) is 15.9. The summed E-state index contributed by atoms with van der Waals surface area (Å²) in [6, 6.07) is 14.3. The van der Waals surface area contributed by atoms with Crippen molar-refractivity contribution in [2.45, 2.75) is 26.3 Å². The molecule has 0 aliphatic rings. The van der Waals surface area contributed by atoms with Crippen LogP contribution in [-0.2, 0) is 0 Å². The fourth-order valence-electron chi connectivity index (χ4n) is 2.31. The Bertz CT molecular complexity index is 673. The van der Waals surface area contributed by atoms with Crippen LogP contribution < -0.4 is 15.4 Å². The number of hydrogen-bond donors (Lipinski definition) is 2. The van der Waals surface area contributed by atoms with E-state index < -0.39 is 0 Å². The van der Waals surface area contributed by atoms with Gasteiger partial charge in [0.25, 0.3) is 0 Å². The molecule has 0 aliphatic heterocycles. The molecule has 0 aromatic heterocycles. The Morgan fingerprint density at radius 2 is 1.91 bits per heavy atom. The van der Waals surface area contributed by atoms with E-state index in [4.69, 9.17) is 17.0 Å². The largest absolute Gasteiger partial charge is 0.497 e. The van der Waals surface area contributed by atoms with Gasteiger partial charge in [-0.2, -0.15) is 0 Å². The number of anilines is 1. The number of thiocarbonyl (C=S) groups is 1.